The first-order valence-electron chi connectivity index (χ1n) is 6.51. The van der Waals surface area contributed by atoms with E-state index in [1.807, 2.05) is 60.7 Å². The average molecular weight is 263 g/mol. The molecule has 2 aromatic carbocycles. The Hall–Kier alpha value is -2.61. The van der Waals surface area contributed by atoms with Crippen molar-refractivity contribution < 1.29 is 4.79 Å². The first-order chi connectivity index (χ1) is 9.81. The third-order valence-electron chi connectivity index (χ3n) is 2.91. The molecular weight excluding hydrogens is 246 g/mol. The van der Waals surface area contributed by atoms with Gasteiger partial charge in [-0.2, -0.15) is 0 Å². The van der Waals surface area contributed by atoms with Gasteiger partial charge in [-0.25, -0.2) is 0 Å². The highest BCUT2D eigenvalue weighted by molar-refractivity contribution is 5.94. The fourth-order valence-corrected chi connectivity index (χ4v) is 1.85. The highest BCUT2D eigenvalue weighted by Crippen LogP contribution is 2.06. The Morgan fingerprint density at radius 1 is 1.00 bits per heavy atom. The maximum absolute atomic E-state index is 12.2. The van der Waals surface area contributed by atoms with E-state index in [9.17, 15) is 4.79 Å². The largest absolute Gasteiger partial charge is 0.312 e. The van der Waals surface area contributed by atoms with Crippen LogP contribution < -0.4 is 0 Å². The Bertz CT molecular complexity index is 587. The number of benzene rings is 2. The van der Waals surface area contributed by atoms with Crippen LogP contribution >= 0.6 is 0 Å². The number of nitrogens with zero attached hydrogens (tertiary/aromatic N) is 1. The Labute approximate surface area is 119 Å². The molecule has 0 spiro atoms. The summed E-state index contributed by atoms with van der Waals surface area (Å²) in [4.78, 5) is 13.8. The predicted octanol–water partition coefficient (Wildman–Crippen LogP) is 3.99. The average Bonchev–Trinajstić information content (AvgIpc) is 2.53. The molecule has 2 aromatic rings. The van der Waals surface area contributed by atoms with Crippen LogP contribution in [0.1, 0.15) is 15.9 Å². The third-order valence-corrected chi connectivity index (χ3v) is 2.91. The van der Waals surface area contributed by atoms with Crippen LogP contribution in [0.5, 0.6) is 0 Å². The van der Waals surface area contributed by atoms with E-state index >= 15 is 0 Å². The number of hydrogen-bond acceptors (Lipinski definition) is 1. The lowest BCUT2D eigenvalue weighted by molar-refractivity contribution is 0.0835. The Balaban J connectivity index is 2.01. The second-order valence-corrected chi connectivity index (χ2v) is 4.32. The molecule has 1 amide bonds. The predicted molar refractivity (Wildman–Crippen MR) is 83.2 cm³/mol. The fraction of sp³-hybridized carbons (Fsp3) is 0.0556. The van der Waals surface area contributed by atoms with Gasteiger partial charge in [0, 0.05) is 18.3 Å². The Morgan fingerprint density at radius 3 is 2.20 bits per heavy atom. The molecule has 0 atom stereocenters. The first kappa shape index (κ1) is 13.8. The minimum Gasteiger partial charge on any atom is -0.312 e. The normalized spacial score (nSPS) is 10.4. The Morgan fingerprint density at radius 2 is 1.60 bits per heavy atom. The fourth-order valence-electron chi connectivity index (χ4n) is 1.85. The van der Waals surface area contributed by atoms with Crippen LogP contribution in [-0.2, 0) is 0 Å². The summed E-state index contributed by atoms with van der Waals surface area (Å²) in [5, 5.41) is 0. The SMILES string of the molecule is C=CN(C/C=C\c1ccccc1)C(=O)c1ccccc1. The van der Waals surface area contributed by atoms with Crippen LogP contribution in [0.25, 0.3) is 6.08 Å². The first-order valence-corrected chi connectivity index (χ1v) is 6.51. The quantitative estimate of drug-likeness (QED) is 0.799. The molecule has 0 aliphatic carbocycles. The van der Waals surface area contributed by atoms with Gasteiger partial charge in [0.1, 0.15) is 0 Å². The van der Waals surface area contributed by atoms with Gasteiger partial charge in [0.15, 0.2) is 0 Å². The van der Waals surface area contributed by atoms with E-state index in [0.717, 1.165) is 5.56 Å². The highest BCUT2D eigenvalue weighted by Gasteiger charge is 2.10. The molecule has 0 saturated carbocycles. The van der Waals surface area contributed by atoms with Gasteiger partial charge in [0.2, 0.25) is 0 Å². The molecule has 2 rings (SSSR count). The molecule has 0 aliphatic rings. The van der Waals surface area contributed by atoms with Gasteiger partial charge < -0.3 is 4.90 Å². The second kappa shape index (κ2) is 7.10. The van der Waals surface area contributed by atoms with Crippen molar-refractivity contribution in [1.29, 1.82) is 0 Å². The molecule has 0 saturated heterocycles. The third kappa shape index (κ3) is 3.69. The van der Waals surface area contributed by atoms with Crippen LogP contribution in [-0.4, -0.2) is 17.4 Å². The van der Waals surface area contributed by atoms with E-state index in [2.05, 4.69) is 6.58 Å². The van der Waals surface area contributed by atoms with Gasteiger partial charge in [0.05, 0.1) is 0 Å². The summed E-state index contributed by atoms with van der Waals surface area (Å²) < 4.78 is 0. The lowest BCUT2D eigenvalue weighted by atomic mass is 10.2. The molecule has 0 fully saturated rings. The zero-order chi connectivity index (χ0) is 14.2. The monoisotopic (exact) mass is 263 g/mol. The minimum atomic E-state index is -0.0432. The summed E-state index contributed by atoms with van der Waals surface area (Å²) in [5.41, 5.74) is 1.78. The zero-order valence-corrected chi connectivity index (χ0v) is 11.3. The van der Waals surface area contributed by atoms with Crippen LogP contribution in [0.2, 0.25) is 0 Å². The van der Waals surface area contributed by atoms with E-state index in [1.165, 1.54) is 0 Å². The van der Waals surface area contributed by atoms with Gasteiger partial charge in [-0.3, -0.25) is 4.79 Å². The maximum atomic E-state index is 12.2. The Kier molecular flexibility index (Phi) is 4.90. The van der Waals surface area contributed by atoms with Crippen molar-refractivity contribution >= 4 is 12.0 Å². The van der Waals surface area contributed by atoms with E-state index in [1.54, 1.807) is 23.2 Å². The molecule has 0 radical (unpaired) electrons. The highest BCUT2D eigenvalue weighted by atomic mass is 16.2. The van der Waals surface area contributed by atoms with Gasteiger partial charge in [-0.05, 0) is 17.7 Å². The summed E-state index contributed by atoms with van der Waals surface area (Å²) in [6.45, 7) is 4.21. The van der Waals surface area contributed by atoms with E-state index in [-0.39, 0.29) is 5.91 Å². The number of carbonyl (C=O) groups is 1. The van der Waals surface area contributed by atoms with Crippen LogP contribution in [0.4, 0.5) is 0 Å². The summed E-state index contributed by atoms with van der Waals surface area (Å²) in [6.07, 6.45) is 5.51. The molecule has 0 heterocycles. The zero-order valence-electron chi connectivity index (χ0n) is 11.3. The summed E-state index contributed by atoms with van der Waals surface area (Å²) in [5.74, 6) is -0.0432. The topological polar surface area (TPSA) is 20.3 Å². The van der Waals surface area contributed by atoms with Crippen LogP contribution in [0.3, 0.4) is 0 Å². The number of hydrogen-bond donors (Lipinski definition) is 0. The van der Waals surface area contributed by atoms with Crippen LogP contribution in [0.15, 0.2) is 79.5 Å². The number of rotatable bonds is 5. The van der Waals surface area contributed by atoms with Crippen molar-refractivity contribution in [3.05, 3.63) is 90.6 Å². The maximum Gasteiger partial charge on any atom is 0.258 e. The summed E-state index contributed by atoms with van der Waals surface area (Å²) in [7, 11) is 0. The number of amides is 1. The molecule has 2 nitrogen and oxygen atoms in total. The molecule has 0 unspecified atom stereocenters. The molecule has 20 heavy (non-hydrogen) atoms. The van der Waals surface area contributed by atoms with E-state index in [0.29, 0.717) is 12.1 Å². The standard InChI is InChI=1S/C18H17NO/c1-2-19(18(20)17-13-7-4-8-14-17)15-9-12-16-10-5-3-6-11-16/h2-14H,1,15H2/b12-9-. The van der Waals surface area contributed by atoms with Gasteiger partial charge >= 0.3 is 0 Å². The molecule has 0 aromatic heterocycles. The lowest BCUT2D eigenvalue weighted by Gasteiger charge is -2.15. The van der Waals surface area contributed by atoms with Gasteiger partial charge in [0.25, 0.3) is 5.91 Å². The second-order valence-electron chi connectivity index (χ2n) is 4.32. The summed E-state index contributed by atoms with van der Waals surface area (Å²) in [6, 6.07) is 19.2. The molecule has 0 N–H and O–H groups in total. The smallest absolute Gasteiger partial charge is 0.258 e. The van der Waals surface area contributed by atoms with Crippen molar-refractivity contribution in [2.75, 3.05) is 6.54 Å². The number of carbonyl (C=O) groups excluding carboxylic acids is 1. The summed E-state index contributed by atoms with van der Waals surface area (Å²) >= 11 is 0. The van der Waals surface area contributed by atoms with Gasteiger partial charge in [-0.1, -0.05) is 67.3 Å². The minimum absolute atomic E-state index is 0.0432. The van der Waals surface area contributed by atoms with Crippen molar-refractivity contribution in [2.24, 2.45) is 0 Å². The van der Waals surface area contributed by atoms with Crippen LogP contribution in [0, 0.1) is 0 Å². The molecule has 100 valence electrons. The lowest BCUT2D eigenvalue weighted by Crippen LogP contribution is -2.25. The van der Waals surface area contributed by atoms with Crippen molar-refractivity contribution in [3.8, 4) is 0 Å². The van der Waals surface area contributed by atoms with Crippen molar-refractivity contribution in [1.82, 2.24) is 4.90 Å². The van der Waals surface area contributed by atoms with Crippen molar-refractivity contribution in [3.63, 3.8) is 0 Å². The van der Waals surface area contributed by atoms with E-state index in [4.69, 9.17) is 0 Å². The molecule has 0 bridgehead atoms. The van der Waals surface area contributed by atoms with Crippen molar-refractivity contribution in [2.45, 2.75) is 0 Å². The molecular formula is C18H17NO. The molecule has 2 heteroatoms. The van der Waals surface area contributed by atoms with Gasteiger partial charge in [-0.15, -0.1) is 0 Å². The van der Waals surface area contributed by atoms with E-state index < -0.39 is 0 Å². The molecule has 0 aliphatic heterocycles.